The zero-order valence-electron chi connectivity index (χ0n) is 11.1. The van der Waals surface area contributed by atoms with Crippen LogP contribution in [0.25, 0.3) is 0 Å². The van der Waals surface area contributed by atoms with Crippen molar-refractivity contribution in [3.63, 3.8) is 0 Å². The van der Waals surface area contributed by atoms with Gasteiger partial charge in [0.25, 0.3) is 0 Å². The van der Waals surface area contributed by atoms with Crippen LogP contribution >= 0.6 is 0 Å². The molecule has 0 saturated carbocycles. The third kappa shape index (κ3) is 4.31. The summed E-state index contributed by atoms with van der Waals surface area (Å²) in [4.78, 5) is 6.36. The Hall–Kier alpha value is -1.95. The van der Waals surface area contributed by atoms with Crippen LogP contribution in [0.15, 0.2) is 35.3 Å². The van der Waals surface area contributed by atoms with Crippen LogP contribution in [0, 0.1) is 11.6 Å². The van der Waals surface area contributed by atoms with E-state index in [1.54, 1.807) is 0 Å². The quantitative estimate of drug-likeness (QED) is 0.503. The lowest BCUT2D eigenvalue weighted by atomic mass is 10.2. The molecule has 4 nitrogen and oxygen atoms in total. The van der Waals surface area contributed by atoms with Gasteiger partial charge in [0.15, 0.2) is 5.96 Å². The second-order valence-corrected chi connectivity index (χ2v) is 4.58. The molecule has 6 heteroatoms. The lowest BCUT2D eigenvalue weighted by molar-refractivity contribution is 0.307. The Labute approximate surface area is 117 Å². The number of benzene rings is 1. The van der Waals surface area contributed by atoms with Crippen LogP contribution in [0.2, 0.25) is 0 Å². The summed E-state index contributed by atoms with van der Waals surface area (Å²) in [5, 5.41) is 2.57. The molecule has 1 aromatic rings. The largest absolute Gasteiger partial charge is 0.370 e. The highest BCUT2D eigenvalue weighted by Gasteiger charge is 2.06. The predicted molar refractivity (Wildman–Crippen MR) is 76.7 cm³/mol. The Bertz CT molecular complexity index is 514. The van der Waals surface area contributed by atoms with Crippen LogP contribution in [0.1, 0.15) is 6.42 Å². The third-order valence-electron chi connectivity index (χ3n) is 3.03. The van der Waals surface area contributed by atoms with E-state index in [0.717, 1.165) is 44.3 Å². The van der Waals surface area contributed by atoms with E-state index in [4.69, 9.17) is 5.73 Å². The van der Waals surface area contributed by atoms with Crippen molar-refractivity contribution in [3.8, 4) is 0 Å². The molecule has 2 rings (SSSR count). The van der Waals surface area contributed by atoms with Crippen LogP contribution in [-0.4, -0.2) is 37.0 Å². The van der Waals surface area contributed by atoms with Gasteiger partial charge in [-0.1, -0.05) is 12.2 Å². The zero-order chi connectivity index (χ0) is 14.4. The van der Waals surface area contributed by atoms with Gasteiger partial charge in [-0.3, -0.25) is 9.89 Å². The van der Waals surface area contributed by atoms with Crippen molar-refractivity contribution >= 4 is 11.6 Å². The predicted octanol–water partition coefficient (Wildman–Crippen LogP) is 1.95. The Balaban J connectivity index is 1.84. The lowest BCUT2D eigenvalue weighted by Gasteiger charge is -2.21. The summed E-state index contributed by atoms with van der Waals surface area (Å²) in [6.07, 6.45) is 5.32. The average molecular weight is 280 g/mol. The van der Waals surface area contributed by atoms with Gasteiger partial charge in [0, 0.05) is 25.7 Å². The molecule has 1 heterocycles. The summed E-state index contributed by atoms with van der Waals surface area (Å²) < 4.78 is 26.4. The summed E-state index contributed by atoms with van der Waals surface area (Å²) in [5.41, 5.74) is 5.65. The number of nitrogens with two attached hydrogens (primary N) is 1. The van der Waals surface area contributed by atoms with Gasteiger partial charge in [0.1, 0.15) is 11.6 Å². The first-order valence-corrected chi connectivity index (χ1v) is 6.54. The minimum atomic E-state index is -0.564. The molecular weight excluding hydrogens is 262 g/mol. The summed E-state index contributed by atoms with van der Waals surface area (Å²) in [6.45, 7) is 3.24. The molecule has 0 amide bonds. The first-order valence-electron chi connectivity index (χ1n) is 6.54. The van der Waals surface area contributed by atoms with Crippen LogP contribution in [0.5, 0.6) is 0 Å². The second-order valence-electron chi connectivity index (χ2n) is 4.58. The number of nitrogens with zero attached hydrogens (tertiary/aromatic N) is 2. The van der Waals surface area contributed by atoms with E-state index in [1.165, 1.54) is 0 Å². The molecule has 20 heavy (non-hydrogen) atoms. The van der Waals surface area contributed by atoms with Crippen LogP contribution in [-0.2, 0) is 0 Å². The van der Waals surface area contributed by atoms with Crippen LogP contribution in [0.4, 0.5) is 14.5 Å². The highest BCUT2D eigenvalue weighted by Crippen LogP contribution is 2.14. The normalized spacial score (nSPS) is 16.4. The van der Waals surface area contributed by atoms with E-state index in [1.807, 2.05) is 0 Å². The first-order chi connectivity index (χ1) is 9.65. The molecule has 0 fully saturated rings. The van der Waals surface area contributed by atoms with Crippen molar-refractivity contribution in [1.82, 2.24) is 4.90 Å². The molecule has 1 aliphatic rings. The number of anilines is 1. The second kappa shape index (κ2) is 7.00. The molecule has 0 unspecified atom stereocenters. The van der Waals surface area contributed by atoms with Gasteiger partial charge in [-0.15, -0.1) is 0 Å². The van der Waals surface area contributed by atoms with E-state index in [9.17, 15) is 8.78 Å². The SMILES string of the molecule is NC(=NCCN1CC=CCC1)Nc1cc(F)ccc1F. The number of aliphatic imine (C=N–C) groups is 1. The topological polar surface area (TPSA) is 53.6 Å². The number of halogens is 2. The molecule has 1 aromatic carbocycles. The summed E-state index contributed by atoms with van der Waals surface area (Å²) in [6, 6.07) is 3.15. The van der Waals surface area contributed by atoms with Crippen molar-refractivity contribution in [2.75, 3.05) is 31.5 Å². The smallest absolute Gasteiger partial charge is 0.193 e. The number of rotatable bonds is 4. The maximum atomic E-state index is 13.4. The Morgan fingerprint density at radius 2 is 2.20 bits per heavy atom. The summed E-state index contributed by atoms with van der Waals surface area (Å²) >= 11 is 0. The Morgan fingerprint density at radius 3 is 2.95 bits per heavy atom. The van der Waals surface area contributed by atoms with Crippen molar-refractivity contribution < 1.29 is 8.78 Å². The zero-order valence-corrected chi connectivity index (χ0v) is 11.1. The number of hydrogen-bond acceptors (Lipinski definition) is 2. The third-order valence-corrected chi connectivity index (χ3v) is 3.03. The van der Waals surface area contributed by atoms with Gasteiger partial charge >= 0.3 is 0 Å². The first kappa shape index (κ1) is 14.5. The maximum Gasteiger partial charge on any atom is 0.193 e. The van der Waals surface area contributed by atoms with Gasteiger partial charge in [-0.05, 0) is 18.6 Å². The van der Waals surface area contributed by atoms with Gasteiger partial charge in [0.05, 0.1) is 12.2 Å². The van der Waals surface area contributed by atoms with Crippen molar-refractivity contribution in [1.29, 1.82) is 0 Å². The fourth-order valence-electron chi connectivity index (χ4n) is 1.98. The molecule has 0 aliphatic carbocycles. The van der Waals surface area contributed by atoms with E-state index >= 15 is 0 Å². The molecule has 0 aromatic heterocycles. The lowest BCUT2D eigenvalue weighted by Crippen LogP contribution is -2.31. The molecule has 1 aliphatic heterocycles. The number of guanidine groups is 1. The summed E-state index contributed by atoms with van der Waals surface area (Å²) in [7, 11) is 0. The van der Waals surface area contributed by atoms with Gasteiger partial charge in [-0.2, -0.15) is 0 Å². The number of nitrogens with one attached hydrogen (secondary N) is 1. The fourth-order valence-corrected chi connectivity index (χ4v) is 1.98. The van der Waals surface area contributed by atoms with Crippen molar-refractivity contribution in [3.05, 3.63) is 42.0 Å². The Morgan fingerprint density at radius 1 is 1.35 bits per heavy atom. The highest BCUT2D eigenvalue weighted by atomic mass is 19.1. The fraction of sp³-hybridized carbons (Fsp3) is 0.357. The molecule has 3 N–H and O–H groups in total. The van der Waals surface area contributed by atoms with Crippen LogP contribution < -0.4 is 11.1 Å². The van der Waals surface area contributed by atoms with Gasteiger partial charge < -0.3 is 11.1 Å². The van der Waals surface area contributed by atoms with Crippen molar-refractivity contribution in [2.45, 2.75) is 6.42 Å². The van der Waals surface area contributed by atoms with E-state index in [-0.39, 0.29) is 11.6 Å². The highest BCUT2D eigenvalue weighted by molar-refractivity contribution is 5.92. The van der Waals surface area contributed by atoms with Crippen molar-refractivity contribution in [2.24, 2.45) is 10.7 Å². The standard InChI is InChI=1S/C14H18F2N4/c15-11-4-5-12(16)13(10-11)19-14(17)18-6-9-20-7-2-1-3-8-20/h1-2,4-5,10H,3,6-9H2,(H3,17,18,19). The number of hydrogen-bond donors (Lipinski definition) is 2. The molecule has 0 radical (unpaired) electrons. The maximum absolute atomic E-state index is 13.4. The van der Waals surface area contributed by atoms with E-state index in [0.29, 0.717) is 6.54 Å². The minimum absolute atomic E-state index is 0.00726. The monoisotopic (exact) mass is 280 g/mol. The average Bonchev–Trinajstić information content (AvgIpc) is 2.44. The summed E-state index contributed by atoms with van der Waals surface area (Å²) in [5.74, 6) is -1.01. The van der Waals surface area contributed by atoms with Gasteiger partial charge in [0.2, 0.25) is 0 Å². The molecule has 0 atom stereocenters. The van der Waals surface area contributed by atoms with E-state index < -0.39 is 11.6 Å². The molecule has 0 spiro atoms. The van der Waals surface area contributed by atoms with Gasteiger partial charge in [-0.25, -0.2) is 8.78 Å². The molecular formula is C14H18F2N4. The van der Waals surface area contributed by atoms with E-state index in [2.05, 4.69) is 27.4 Å². The Kier molecular flexibility index (Phi) is 5.06. The van der Waals surface area contributed by atoms with Crippen LogP contribution in [0.3, 0.4) is 0 Å². The molecule has 0 saturated heterocycles. The molecule has 108 valence electrons. The molecule has 0 bridgehead atoms. The minimum Gasteiger partial charge on any atom is -0.370 e.